The van der Waals surface area contributed by atoms with Gasteiger partial charge < -0.3 is 15.2 Å². The number of anilines is 1. The van der Waals surface area contributed by atoms with E-state index in [-0.39, 0.29) is 0 Å². The number of hydrogen-bond donors (Lipinski definition) is 1. The van der Waals surface area contributed by atoms with Crippen LogP contribution in [0, 0.1) is 29.6 Å². The fourth-order valence-electron chi connectivity index (χ4n) is 5.94. The van der Waals surface area contributed by atoms with Crippen LogP contribution in [0.5, 0.6) is 23.0 Å². The van der Waals surface area contributed by atoms with Crippen molar-refractivity contribution in [3.63, 3.8) is 0 Å². The molecule has 0 aliphatic rings. The van der Waals surface area contributed by atoms with E-state index in [1.165, 1.54) is 5.56 Å². The smallest absolute Gasteiger partial charge is 0.127 e. The van der Waals surface area contributed by atoms with Gasteiger partial charge in [-0.3, -0.25) is 0 Å². The Morgan fingerprint density at radius 2 is 0.810 bits per heavy atom. The van der Waals surface area contributed by atoms with Crippen LogP contribution >= 0.6 is 23.2 Å². The summed E-state index contributed by atoms with van der Waals surface area (Å²) in [6, 6.07) is 57.2. The molecule has 0 unspecified atom stereocenters. The molecular formula is C49H33Cl2N5O2. The summed E-state index contributed by atoms with van der Waals surface area (Å²) in [6.45, 7) is 2.04. The van der Waals surface area contributed by atoms with E-state index in [2.05, 4.69) is 12.1 Å². The number of aryl methyl sites for hydroxylation is 1. The van der Waals surface area contributed by atoms with Crippen LogP contribution in [0.1, 0.15) is 16.7 Å². The molecule has 0 atom stereocenters. The van der Waals surface area contributed by atoms with Gasteiger partial charge in [-0.05, 0) is 104 Å². The predicted molar refractivity (Wildman–Crippen MR) is 232 cm³/mol. The van der Waals surface area contributed by atoms with Gasteiger partial charge >= 0.3 is 0 Å². The van der Waals surface area contributed by atoms with Crippen molar-refractivity contribution in [1.29, 1.82) is 10.5 Å². The van der Waals surface area contributed by atoms with Gasteiger partial charge in [0.15, 0.2) is 0 Å². The number of benzene rings is 6. The summed E-state index contributed by atoms with van der Waals surface area (Å²) in [6.07, 6.45) is 0. The van der Waals surface area contributed by atoms with Crippen LogP contribution in [-0.4, -0.2) is 9.97 Å². The summed E-state index contributed by atoms with van der Waals surface area (Å²) in [5, 5.41) is 19.9. The van der Waals surface area contributed by atoms with Crippen LogP contribution in [-0.2, 0) is 0 Å². The highest BCUT2D eigenvalue weighted by Gasteiger charge is 2.16. The molecule has 58 heavy (non-hydrogen) atoms. The maximum atomic E-state index is 9.61. The van der Waals surface area contributed by atoms with Gasteiger partial charge in [-0.15, -0.1) is 0 Å². The molecule has 0 radical (unpaired) electrons. The summed E-state index contributed by atoms with van der Waals surface area (Å²) in [5.74, 6) is 2.92. The standard InChI is InChI=1S/C25H17ClN2O.C24H16ClN3O/c1-17-7-9-18(10-8-17)24-15-23(26)22(16-27)25(28-24)19-11-13-21(14-12-19)29-20-5-3-2-4-6-20;25-22-14-23(16-6-10-18(27)11-7-16)28-24(21(22)15-26)17-8-12-20(13-9-17)29-19-4-2-1-3-5-19/h2-15H,1H3;1-14H,27H2. The quantitative estimate of drug-likeness (QED) is 0.152. The SMILES string of the molecule is Cc1ccc(-c2cc(Cl)c(C#N)c(-c3ccc(Oc4ccccc4)cc3)n2)cc1.N#Cc1c(Cl)cc(-c2ccc(N)cc2)nc1-c1ccc(Oc2ccccc2)cc1. The molecular weight excluding hydrogens is 761 g/mol. The lowest BCUT2D eigenvalue weighted by atomic mass is 10.0. The molecule has 8 rings (SSSR count). The van der Waals surface area contributed by atoms with E-state index in [0.29, 0.717) is 55.4 Å². The van der Waals surface area contributed by atoms with Gasteiger partial charge in [0, 0.05) is 27.9 Å². The number of nitrogen functional groups attached to an aromatic ring is 1. The van der Waals surface area contributed by atoms with Crippen molar-refractivity contribution in [2.24, 2.45) is 0 Å². The van der Waals surface area contributed by atoms with Crippen molar-refractivity contribution >= 4 is 28.9 Å². The van der Waals surface area contributed by atoms with Crippen molar-refractivity contribution in [3.05, 3.63) is 197 Å². The van der Waals surface area contributed by atoms with E-state index in [9.17, 15) is 10.5 Å². The van der Waals surface area contributed by atoms with Crippen LogP contribution < -0.4 is 15.2 Å². The Kier molecular flexibility index (Phi) is 12.1. The van der Waals surface area contributed by atoms with E-state index in [1.54, 1.807) is 24.3 Å². The van der Waals surface area contributed by atoms with Gasteiger partial charge in [0.2, 0.25) is 0 Å². The third-order valence-electron chi connectivity index (χ3n) is 8.93. The van der Waals surface area contributed by atoms with Gasteiger partial charge in [-0.1, -0.05) is 102 Å². The van der Waals surface area contributed by atoms with Gasteiger partial charge in [0.25, 0.3) is 0 Å². The third-order valence-corrected chi connectivity index (χ3v) is 9.53. The molecule has 0 fully saturated rings. The number of hydrogen-bond acceptors (Lipinski definition) is 7. The molecule has 0 bridgehead atoms. The third kappa shape index (κ3) is 9.33. The van der Waals surface area contributed by atoms with E-state index in [4.69, 9.17) is 48.4 Å². The Morgan fingerprint density at radius 3 is 1.19 bits per heavy atom. The first-order valence-corrected chi connectivity index (χ1v) is 18.8. The van der Waals surface area contributed by atoms with Crippen molar-refractivity contribution in [1.82, 2.24) is 9.97 Å². The molecule has 6 aromatic carbocycles. The molecule has 280 valence electrons. The zero-order valence-electron chi connectivity index (χ0n) is 31.1. The second-order valence-corrected chi connectivity index (χ2v) is 13.8. The van der Waals surface area contributed by atoms with E-state index >= 15 is 0 Å². The van der Waals surface area contributed by atoms with E-state index in [0.717, 1.165) is 39.4 Å². The average molecular weight is 795 g/mol. The Hall–Kier alpha value is -7.42. The van der Waals surface area contributed by atoms with Crippen LogP contribution in [0.3, 0.4) is 0 Å². The maximum Gasteiger partial charge on any atom is 0.127 e. The molecule has 0 saturated heterocycles. The number of halogens is 2. The number of para-hydroxylation sites is 2. The maximum absolute atomic E-state index is 9.61. The zero-order valence-corrected chi connectivity index (χ0v) is 32.6. The summed E-state index contributed by atoms with van der Waals surface area (Å²) in [5.41, 5.74) is 14.2. The highest BCUT2D eigenvalue weighted by atomic mass is 35.5. The molecule has 0 amide bonds. The Morgan fingerprint density at radius 1 is 0.466 bits per heavy atom. The van der Waals surface area contributed by atoms with Crippen LogP contribution in [0.25, 0.3) is 45.0 Å². The minimum atomic E-state index is 0.336. The Balaban J connectivity index is 0.000000177. The summed E-state index contributed by atoms with van der Waals surface area (Å²) in [4.78, 5) is 9.44. The van der Waals surface area contributed by atoms with Crippen molar-refractivity contribution < 1.29 is 9.47 Å². The van der Waals surface area contributed by atoms with Gasteiger partial charge in [0.1, 0.15) is 35.1 Å². The van der Waals surface area contributed by atoms with Crippen LogP contribution in [0.4, 0.5) is 5.69 Å². The second kappa shape index (κ2) is 18.0. The first kappa shape index (κ1) is 38.8. The lowest BCUT2D eigenvalue weighted by Gasteiger charge is -2.11. The predicted octanol–water partition coefficient (Wildman–Crippen LogP) is 13.4. The van der Waals surface area contributed by atoms with E-state index in [1.807, 2.05) is 153 Å². The summed E-state index contributed by atoms with van der Waals surface area (Å²) < 4.78 is 11.7. The van der Waals surface area contributed by atoms with Crippen LogP contribution in [0.15, 0.2) is 170 Å². The fourth-order valence-corrected chi connectivity index (χ4v) is 6.41. The number of nitriles is 2. The Bertz CT molecular complexity index is 2550. The number of nitrogens with zero attached hydrogens (tertiary/aromatic N) is 4. The minimum absolute atomic E-state index is 0.336. The first-order chi connectivity index (χ1) is 28.3. The van der Waals surface area contributed by atoms with Crippen molar-refractivity contribution in [2.45, 2.75) is 6.92 Å². The summed E-state index contributed by atoms with van der Waals surface area (Å²) in [7, 11) is 0. The largest absolute Gasteiger partial charge is 0.457 e. The van der Waals surface area contributed by atoms with Crippen LogP contribution in [0.2, 0.25) is 10.0 Å². The van der Waals surface area contributed by atoms with Gasteiger partial charge in [0.05, 0.1) is 43.9 Å². The van der Waals surface area contributed by atoms with Gasteiger partial charge in [-0.2, -0.15) is 10.5 Å². The fraction of sp³-hybridized carbons (Fsp3) is 0.0204. The molecule has 0 aliphatic heterocycles. The summed E-state index contributed by atoms with van der Waals surface area (Å²) >= 11 is 12.8. The lowest BCUT2D eigenvalue weighted by Crippen LogP contribution is -1.95. The molecule has 9 heteroatoms. The number of aromatic nitrogens is 2. The number of pyridine rings is 2. The minimum Gasteiger partial charge on any atom is -0.457 e. The first-order valence-electron chi connectivity index (χ1n) is 18.1. The molecule has 2 aromatic heterocycles. The number of rotatable bonds is 8. The topological polar surface area (TPSA) is 118 Å². The molecule has 0 saturated carbocycles. The zero-order chi connectivity index (χ0) is 40.4. The molecule has 0 aliphatic carbocycles. The average Bonchev–Trinajstić information content (AvgIpc) is 3.25. The molecule has 8 aromatic rings. The Labute approximate surface area is 346 Å². The molecule has 7 nitrogen and oxygen atoms in total. The monoisotopic (exact) mass is 793 g/mol. The van der Waals surface area contributed by atoms with Crippen molar-refractivity contribution in [3.8, 4) is 80.2 Å². The van der Waals surface area contributed by atoms with Crippen molar-refractivity contribution in [2.75, 3.05) is 5.73 Å². The second-order valence-electron chi connectivity index (χ2n) is 13.0. The highest BCUT2D eigenvalue weighted by molar-refractivity contribution is 6.32. The van der Waals surface area contributed by atoms with Gasteiger partial charge in [-0.25, -0.2) is 9.97 Å². The van der Waals surface area contributed by atoms with E-state index < -0.39 is 0 Å². The molecule has 0 spiro atoms. The number of ether oxygens (including phenoxy) is 2. The molecule has 2 heterocycles. The highest BCUT2D eigenvalue weighted by Crippen LogP contribution is 2.35. The lowest BCUT2D eigenvalue weighted by molar-refractivity contribution is 0.482. The normalized spacial score (nSPS) is 10.4. The number of nitrogens with two attached hydrogens (primary N) is 1. The molecule has 2 N–H and O–H groups in total.